The number of ether oxygens (including phenoxy) is 1. The van der Waals surface area contributed by atoms with Gasteiger partial charge in [0.05, 0.1) is 10.9 Å². The lowest BCUT2D eigenvalue weighted by Crippen LogP contribution is -2.28. The summed E-state index contributed by atoms with van der Waals surface area (Å²) in [6.45, 7) is 2.07. The fraction of sp³-hybridized carbons (Fsp3) is 0.533. The molecular weight excluding hydrogens is 244 g/mol. The molecule has 1 aliphatic heterocycles. The maximum Gasteiger partial charge on any atom is 0.178 e. The molecule has 0 aromatic heterocycles. The molecule has 2 aliphatic rings. The Labute approximate surface area is 112 Å². The Balaban J connectivity index is 1.73. The van der Waals surface area contributed by atoms with Gasteiger partial charge in [0.1, 0.15) is 5.75 Å². The first kappa shape index (κ1) is 12.1. The summed E-state index contributed by atoms with van der Waals surface area (Å²) in [6.07, 6.45) is 4.88. The first-order valence-corrected chi connectivity index (χ1v) is 7.61. The van der Waals surface area contributed by atoms with E-state index in [9.17, 15) is 4.79 Å². The van der Waals surface area contributed by atoms with Crippen molar-refractivity contribution in [3.8, 4) is 5.75 Å². The highest BCUT2D eigenvalue weighted by atomic mass is 32.2. The van der Waals surface area contributed by atoms with E-state index in [4.69, 9.17) is 4.74 Å². The van der Waals surface area contributed by atoms with Crippen LogP contribution in [0.5, 0.6) is 5.75 Å². The van der Waals surface area contributed by atoms with Gasteiger partial charge >= 0.3 is 0 Å². The Kier molecular flexibility index (Phi) is 3.10. The van der Waals surface area contributed by atoms with Crippen LogP contribution in [-0.2, 0) is 0 Å². The van der Waals surface area contributed by atoms with Crippen molar-refractivity contribution in [3.05, 3.63) is 29.8 Å². The number of hydrogen-bond donors (Lipinski definition) is 0. The fourth-order valence-electron chi connectivity index (χ4n) is 2.33. The molecule has 3 rings (SSSR count). The number of carbonyl (C=O) groups is 1. The van der Waals surface area contributed by atoms with E-state index in [0.29, 0.717) is 6.10 Å². The van der Waals surface area contributed by atoms with E-state index in [1.807, 2.05) is 24.3 Å². The van der Waals surface area contributed by atoms with Crippen molar-refractivity contribution in [2.75, 3.05) is 5.75 Å². The van der Waals surface area contributed by atoms with E-state index in [1.54, 1.807) is 11.8 Å². The summed E-state index contributed by atoms with van der Waals surface area (Å²) in [6, 6.07) is 7.66. The highest BCUT2D eigenvalue weighted by Crippen LogP contribution is 2.40. The number of benzene rings is 1. The predicted molar refractivity (Wildman–Crippen MR) is 74.5 cm³/mol. The van der Waals surface area contributed by atoms with Crippen molar-refractivity contribution in [1.29, 1.82) is 0 Å². The lowest BCUT2D eigenvalue weighted by atomic mass is 9.95. The molecule has 0 radical (unpaired) electrons. The van der Waals surface area contributed by atoms with Gasteiger partial charge in [0.15, 0.2) is 5.78 Å². The van der Waals surface area contributed by atoms with Gasteiger partial charge in [0.25, 0.3) is 0 Å². The van der Waals surface area contributed by atoms with Crippen LogP contribution in [0.25, 0.3) is 0 Å². The summed E-state index contributed by atoms with van der Waals surface area (Å²) in [5.41, 5.74) is 0.815. The smallest absolute Gasteiger partial charge is 0.178 e. The van der Waals surface area contributed by atoms with Gasteiger partial charge in [-0.3, -0.25) is 4.79 Å². The van der Waals surface area contributed by atoms with Gasteiger partial charge in [-0.2, -0.15) is 0 Å². The Hall–Kier alpha value is -0.960. The van der Waals surface area contributed by atoms with Gasteiger partial charge in [0, 0.05) is 5.56 Å². The highest BCUT2D eigenvalue weighted by molar-refractivity contribution is 8.01. The second kappa shape index (κ2) is 4.61. The van der Waals surface area contributed by atoms with Crippen LogP contribution in [0.4, 0.5) is 0 Å². The maximum atomic E-state index is 12.5. The minimum absolute atomic E-state index is 0.209. The third-order valence-electron chi connectivity index (χ3n) is 3.64. The number of thioether (sulfide) groups is 1. The molecule has 1 heterocycles. The first-order valence-electron chi connectivity index (χ1n) is 6.63. The number of carbonyl (C=O) groups excluding carboxylic acids is 1. The molecule has 1 aromatic carbocycles. The summed E-state index contributed by atoms with van der Waals surface area (Å²) in [5.74, 6) is 2.26. The topological polar surface area (TPSA) is 26.3 Å². The summed E-state index contributed by atoms with van der Waals surface area (Å²) >= 11 is 1.79. The van der Waals surface area contributed by atoms with Gasteiger partial charge in [-0.25, -0.2) is 0 Å². The lowest BCUT2D eigenvalue weighted by Gasteiger charge is -2.20. The van der Waals surface area contributed by atoms with Crippen LogP contribution in [0.15, 0.2) is 24.3 Å². The Bertz CT molecular complexity index is 442. The van der Waals surface area contributed by atoms with Gasteiger partial charge in [-0.05, 0) is 62.6 Å². The largest absolute Gasteiger partial charge is 0.490 e. The normalized spacial score (nSPS) is 27.2. The van der Waals surface area contributed by atoms with Crippen LogP contribution in [0.2, 0.25) is 0 Å². The maximum absolute atomic E-state index is 12.5. The Morgan fingerprint density at radius 1 is 1.33 bits per heavy atom. The molecule has 2 fully saturated rings. The van der Waals surface area contributed by atoms with E-state index in [1.165, 1.54) is 0 Å². The highest BCUT2D eigenvalue weighted by Gasteiger charge is 2.37. The van der Waals surface area contributed by atoms with E-state index < -0.39 is 0 Å². The van der Waals surface area contributed by atoms with Crippen LogP contribution in [-0.4, -0.2) is 22.4 Å². The minimum Gasteiger partial charge on any atom is -0.490 e. The predicted octanol–water partition coefficient (Wildman–Crippen LogP) is 3.70. The molecule has 1 aromatic rings. The Morgan fingerprint density at radius 2 is 2.06 bits per heavy atom. The Morgan fingerprint density at radius 3 is 2.61 bits per heavy atom. The molecule has 1 saturated heterocycles. The second-order valence-corrected chi connectivity index (χ2v) is 6.95. The minimum atomic E-state index is -0.209. The molecule has 0 amide bonds. The number of hydrogen-bond acceptors (Lipinski definition) is 3. The molecular formula is C15H18O2S. The van der Waals surface area contributed by atoms with Crippen LogP contribution in [0.1, 0.15) is 43.0 Å². The molecule has 0 spiro atoms. The van der Waals surface area contributed by atoms with Gasteiger partial charge in [0.2, 0.25) is 0 Å². The molecule has 1 aliphatic carbocycles. The molecule has 1 unspecified atom stereocenters. The molecule has 1 atom stereocenters. The van der Waals surface area contributed by atoms with Crippen molar-refractivity contribution in [3.63, 3.8) is 0 Å². The van der Waals surface area contributed by atoms with Crippen molar-refractivity contribution in [1.82, 2.24) is 0 Å². The summed E-state index contributed by atoms with van der Waals surface area (Å²) in [4.78, 5) is 12.5. The van der Waals surface area contributed by atoms with E-state index in [2.05, 4.69) is 6.92 Å². The molecule has 2 nitrogen and oxygen atoms in total. The average molecular weight is 262 g/mol. The summed E-state index contributed by atoms with van der Waals surface area (Å²) in [5, 5.41) is 0. The SMILES string of the molecule is CC1(C(=O)c2ccc(OC3CC3)cc2)CCCS1. The zero-order valence-corrected chi connectivity index (χ0v) is 11.5. The van der Waals surface area contributed by atoms with Gasteiger partial charge < -0.3 is 4.74 Å². The average Bonchev–Trinajstić information content (AvgIpc) is 3.09. The number of ketones is 1. The molecule has 0 N–H and O–H groups in total. The van der Waals surface area contributed by atoms with Crippen molar-refractivity contribution in [2.45, 2.75) is 43.5 Å². The lowest BCUT2D eigenvalue weighted by molar-refractivity contribution is 0.0949. The van der Waals surface area contributed by atoms with Crippen LogP contribution >= 0.6 is 11.8 Å². The van der Waals surface area contributed by atoms with Crippen molar-refractivity contribution in [2.24, 2.45) is 0 Å². The van der Waals surface area contributed by atoms with Crippen molar-refractivity contribution >= 4 is 17.5 Å². The number of rotatable bonds is 4. The first-order chi connectivity index (χ1) is 8.67. The summed E-state index contributed by atoms with van der Waals surface area (Å²) in [7, 11) is 0. The van der Waals surface area contributed by atoms with Crippen LogP contribution in [0.3, 0.4) is 0 Å². The number of Topliss-reactive ketones (excluding diaryl/α,β-unsaturated/α-hetero) is 1. The van der Waals surface area contributed by atoms with Crippen molar-refractivity contribution < 1.29 is 9.53 Å². The quantitative estimate of drug-likeness (QED) is 0.774. The van der Waals surface area contributed by atoms with Gasteiger partial charge in [-0.1, -0.05) is 0 Å². The van der Waals surface area contributed by atoms with E-state index >= 15 is 0 Å². The standard InChI is InChI=1S/C15H18O2S/c1-15(9-2-10-18-15)14(16)11-3-5-12(6-4-11)17-13-7-8-13/h3-6,13H,2,7-10H2,1H3. The third-order valence-corrected chi connectivity index (χ3v) is 5.16. The third kappa shape index (κ3) is 2.41. The van der Waals surface area contributed by atoms with E-state index in [-0.39, 0.29) is 10.5 Å². The zero-order chi connectivity index (χ0) is 12.6. The fourth-order valence-corrected chi connectivity index (χ4v) is 3.60. The van der Waals surface area contributed by atoms with Crippen LogP contribution in [0, 0.1) is 0 Å². The molecule has 0 bridgehead atoms. The van der Waals surface area contributed by atoms with E-state index in [0.717, 1.165) is 42.7 Å². The molecule has 1 saturated carbocycles. The zero-order valence-electron chi connectivity index (χ0n) is 10.6. The molecule has 18 heavy (non-hydrogen) atoms. The molecule has 3 heteroatoms. The molecule has 96 valence electrons. The van der Waals surface area contributed by atoms with Gasteiger partial charge in [-0.15, -0.1) is 11.8 Å². The monoisotopic (exact) mass is 262 g/mol. The second-order valence-electron chi connectivity index (χ2n) is 5.35. The van der Waals surface area contributed by atoms with Crippen LogP contribution < -0.4 is 4.74 Å². The summed E-state index contributed by atoms with van der Waals surface area (Å²) < 4.78 is 5.48.